The van der Waals surface area contributed by atoms with Gasteiger partial charge >= 0.3 is 0 Å². The predicted octanol–water partition coefficient (Wildman–Crippen LogP) is 2.59. The second-order valence-electron chi connectivity index (χ2n) is 4.56. The van der Waals surface area contributed by atoms with E-state index >= 15 is 0 Å². The van der Waals surface area contributed by atoms with Crippen molar-refractivity contribution in [1.29, 1.82) is 0 Å². The van der Waals surface area contributed by atoms with E-state index in [1.165, 1.54) is 0 Å². The van der Waals surface area contributed by atoms with Crippen LogP contribution in [0.3, 0.4) is 0 Å². The third-order valence-corrected chi connectivity index (χ3v) is 3.28. The van der Waals surface area contributed by atoms with Crippen LogP contribution in [0.1, 0.15) is 12.8 Å². The van der Waals surface area contributed by atoms with Crippen LogP contribution in [0.4, 0.5) is 27.6 Å². The zero-order valence-electron chi connectivity index (χ0n) is 9.90. The lowest BCUT2D eigenvalue weighted by Gasteiger charge is -2.34. The van der Waals surface area contributed by atoms with Crippen LogP contribution in [0, 0.1) is 35.0 Å². The highest BCUT2D eigenvalue weighted by Gasteiger charge is 2.31. The van der Waals surface area contributed by atoms with Crippen molar-refractivity contribution in [3.63, 3.8) is 0 Å². The Morgan fingerprint density at radius 3 is 2.00 bits per heavy atom. The average Bonchev–Trinajstić information content (AvgIpc) is 2.43. The molecule has 1 N–H and O–H groups in total. The van der Waals surface area contributed by atoms with Gasteiger partial charge in [-0.15, -0.1) is 0 Å². The molecule has 2 rings (SSSR count). The number of aliphatic hydroxyl groups excluding tert-OH is 1. The van der Waals surface area contributed by atoms with E-state index in [1.54, 1.807) is 0 Å². The lowest BCUT2D eigenvalue weighted by molar-refractivity contribution is 0.207. The highest BCUT2D eigenvalue weighted by molar-refractivity contribution is 5.51. The lowest BCUT2D eigenvalue weighted by atomic mass is 9.98. The minimum atomic E-state index is -2.16. The number of nitrogens with zero attached hydrogens (tertiary/aromatic N) is 1. The largest absolute Gasteiger partial charge is 0.396 e. The predicted molar refractivity (Wildman–Crippen MR) is 58.3 cm³/mol. The molecule has 19 heavy (non-hydrogen) atoms. The molecule has 0 aromatic heterocycles. The molecule has 0 aliphatic carbocycles. The Kier molecular flexibility index (Phi) is 3.93. The van der Waals surface area contributed by atoms with Crippen LogP contribution in [0.2, 0.25) is 0 Å². The monoisotopic (exact) mass is 281 g/mol. The standard InChI is InChI=1S/C12H12F5NO/c13-7-8(14)10(16)12(11(17)9(7)15)18-3-1-2-6(4-18)5-19/h6,19H,1-5H2. The van der Waals surface area contributed by atoms with Crippen molar-refractivity contribution in [1.82, 2.24) is 0 Å². The second kappa shape index (κ2) is 5.32. The summed E-state index contributed by atoms with van der Waals surface area (Å²) in [6, 6.07) is 0. The summed E-state index contributed by atoms with van der Waals surface area (Å²) in [5.74, 6) is -9.93. The normalized spacial score (nSPS) is 19.9. The van der Waals surface area contributed by atoms with E-state index in [0.29, 0.717) is 12.8 Å². The Morgan fingerprint density at radius 2 is 1.47 bits per heavy atom. The number of hydrogen-bond donors (Lipinski definition) is 1. The molecule has 1 aliphatic heterocycles. The fourth-order valence-corrected chi connectivity index (χ4v) is 2.29. The average molecular weight is 281 g/mol. The number of halogens is 5. The maximum absolute atomic E-state index is 13.6. The van der Waals surface area contributed by atoms with E-state index < -0.39 is 34.8 Å². The minimum absolute atomic E-state index is 0.0643. The van der Waals surface area contributed by atoms with Gasteiger partial charge in [0.2, 0.25) is 5.82 Å². The Morgan fingerprint density at radius 1 is 0.947 bits per heavy atom. The van der Waals surface area contributed by atoms with E-state index in [9.17, 15) is 22.0 Å². The first-order valence-electron chi connectivity index (χ1n) is 5.84. The van der Waals surface area contributed by atoms with Gasteiger partial charge in [0.1, 0.15) is 5.69 Å². The number of anilines is 1. The number of aliphatic hydroxyl groups is 1. The quantitative estimate of drug-likeness (QED) is 0.511. The zero-order chi connectivity index (χ0) is 14.2. The van der Waals surface area contributed by atoms with E-state index in [0.717, 1.165) is 4.90 Å². The van der Waals surface area contributed by atoms with Gasteiger partial charge in [-0.2, -0.15) is 0 Å². The van der Waals surface area contributed by atoms with Crippen LogP contribution in [-0.4, -0.2) is 24.8 Å². The van der Waals surface area contributed by atoms with Gasteiger partial charge in [0, 0.05) is 19.7 Å². The van der Waals surface area contributed by atoms with Crippen LogP contribution in [-0.2, 0) is 0 Å². The van der Waals surface area contributed by atoms with Crippen LogP contribution in [0.15, 0.2) is 0 Å². The first kappa shape index (κ1) is 14.0. The molecule has 1 heterocycles. The van der Waals surface area contributed by atoms with Crippen molar-refractivity contribution >= 4 is 5.69 Å². The number of rotatable bonds is 2. The summed E-state index contributed by atoms with van der Waals surface area (Å²) in [5, 5.41) is 9.03. The highest BCUT2D eigenvalue weighted by Crippen LogP contribution is 2.32. The van der Waals surface area contributed by atoms with Crippen molar-refractivity contribution in [3.05, 3.63) is 29.1 Å². The molecule has 1 aromatic carbocycles. The van der Waals surface area contributed by atoms with Gasteiger partial charge in [-0.1, -0.05) is 0 Å². The first-order chi connectivity index (χ1) is 8.97. The first-order valence-corrected chi connectivity index (χ1v) is 5.84. The minimum Gasteiger partial charge on any atom is -0.396 e. The molecule has 0 radical (unpaired) electrons. The maximum Gasteiger partial charge on any atom is 0.200 e. The maximum atomic E-state index is 13.6. The number of piperidine rings is 1. The SMILES string of the molecule is OCC1CCCN(c2c(F)c(F)c(F)c(F)c2F)C1. The van der Waals surface area contributed by atoms with Gasteiger partial charge in [-0.05, 0) is 18.8 Å². The molecule has 0 amide bonds. The Hall–Kier alpha value is -1.37. The van der Waals surface area contributed by atoms with E-state index in [2.05, 4.69) is 0 Å². The fraction of sp³-hybridized carbons (Fsp3) is 0.500. The fourth-order valence-electron chi connectivity index (χ4n) is 2.29. The molecule has 2 nitrogen and oxygen atoms in total. The van der Waals surface area contributed by atoms with Gasteiger partial charge in [-0.3, -0.25) is 0 Å². The molecule has 0 bridgehead atoms. The third-order valence-electron chi connectivity index (χ3n) is 3.28. The Labute approximate surface area is 106 Å². The van der Waals surface area contributed by atoms with Gasteiger partial charge < -0.3 is 10.0 Å². The van der Waals surface area contributed by atoms with Gasteiger partial charge in [0.25, 0.3) is 0 Å². The summed E-state index contributed by atoms with van der Waals surface area (Å²) in [5.41, 5.74) is -0.908. The molecule has 1 atom stereocenters. The van der Waals surface area contributed by atoms with Crippen molar-refractivity contribution in [3.8, 4) is 0 Å². The molecule has 0 saturated carbocycles. The van der Waals surface area contributed by atoms with E-state index in [1.807, 2.05) is 0 Å². The molecule has 0 spiro atoms. The van der Waals surface area contributed by atoms with Crippen molar-refractivity contribution in [2.24, 2.45) is 5.92 Å². The zero-order valence-corrected chi connectivity index (χ0v) is 9.90. The molecule has 1 saturated heterocycles. The highest BCUT2D eigenvalue weighted by atomic mass is 19.2. The summed E-state index contributed by atoms with van der Waals surface area (Å²) in [6.45, 7) is 0.0651. The lowest BCUT2D eigenvalue weighted by Crippen LogP contribution is -2.38. The molecule has 7 heteroatoms. The van der Waals surface area contributed by atoms with Gasteiger partial charge in [0.15, 0.2) is 23.3 Å². The smallest absolute Gasteiger partial charge is 0.200 e. The van der Waals surface area contributed by atoms with E-state index in [4.69, 9.17) is 5.11 Å². The summed E-state index contributed by atoms with van der Waals surface area (Å²) in [7, 11) is 0. The molecule has 106 valence electrons. The molecule has 1 fully saturated rings. The topological polar surface area (TPSA) is 23.5 Å². The summed E-state index contributed by atoms with van der Waals surface area (Å²) in [4.78, 5) is 1.10. The summed E-state index contributed by atoms with van der Waals surface area (Å²) >= 11 is 0. The molecule has 1 unspecified atom stereocenters. The molecular weight excluding hydrogens is 269 g/mol. The van der Waals surface area contributed by atoms with Gasteiger partial charge in [0.05, 0.1) is 0 Å². The van der Waals surface area contributed by atoms with Crippen LogP contribution in [0.25, 0.3) is 0 Å². The van der Waals surface area contributed by atoms with Crippen LogP contribution < -0.4 is 4.90 Å². The Bertz CT molecular complexity index is 464. The van der Waals surface area contributed by atoms with Crippen molar-refractivity contribution in [2.75, 3.05) is 24.6 Å². The number of benzene rings is 1. The van der Waals surface area contributed by atoms with Crippen molar-refractivity contribution in [2.45, 2.75) is 12.8 Å². The summed E-state index contributed by atoms with van der Waals surface area (Å²) in [6.07, 6.45) is 1.17. The summed E-state index contributed by atoms with van der Waals surface area (Å²) < 4.78 is 66.3. The third kappa shape index (κ3) is 2.39. The van der Waals surface area contributed by atoms with Gasteiger partial charge in [-0.25, -0.2) is 22.0 Å². The van der Waals surface area contributed by atoms with Crippen LogP contribution >= 0.6 is 0 Å². The molecule has 1 aromatic rings. The second-order valence-corrected chi connectivity index (χ2v) is 4.56. The Balaban J connectivity index is 2.44. The van der Waals surface area contributed by atoms with Crippen molar-refractivity contribution < 1.29 is 27.1 Å². The number of hydrogen-bond acceptors (Lipinski definition) is 2. The van der Waals surface area contributed by atoms with E-state index in [-0.39, 0.29) is 25.6 Å². The molecule has 1 aliphatic rings. The molecular formula is C12H12F5NO. The van der Waals surface area contributed by atoms with Crippen LogP contribution in [0.5, 0.6) is 0 Å².